The zero-order valence-electron chi connectivity index (χ0n) is 10.2. The van der Waals surface area contributed by atoms with E-state index in [4.69, 9.17) is 11.6 Å². The Morgan fingerprint density at radius 1 is 1.24 bits per heavy atom. The molecule has 0 bridgehead atoms. The topological polar surface area (TPSA) is 34.1 Å². The zero-order chi connectivity index (χ0) is 13.1. The van der Waals surface area contributed by atoms with Crippen LogP contribution in [0.25, 0.3) is 0 Å². The number of halogens is 1. The summed E-state index contributed by atoms with van der Waals surface area (Å²) in [6.45, 7) is 5.96. The summed E-state index contributed by atoms with van der Waals surface area (Å²) in [6, 6.07) is 6.57. The molecule has 1 rings (SSSR count). The van der Waals surface area contributed by atoms with Crippen molar-refractivity contribution >= 4 is 31.3 Å². The molecular weight excluding hydrogens is 276 g/mol. The fourth-order valence-corrected chi connectivity index (χ4v) is 6.31. The highest BCUT2D eigenvalue weighted by molar-refractivity contribution is 8.72. The Bertz CT molecular complexity index is 479. The van der Waals surface area contributed by atoms with Crippen LogP contribution in [-0.2, 0) is 8.87 Å². The zero-order valence-corrected chi connectivity index (χ0v) is 12.6. The number of benzene rings is 1. The fourth-order valence-electron chi connectivity index (χ4n) is 1.33. The third-order valence-corrected chi connectivity index (χ3v) is 7.85. The van der Waals surface area contributed by atoms with Gasteiger partial charge in [-0.1, -0.05) is 37.6 Å². The second kappa shape index (κ2) is 5.63. The van der Waals surface area contributed by atoms with E-state index in [0.29, 0.717) is 0 Å². The summed E-state index contributed by atoms with van der Waals surface area (Å²) < 4.78 is 24.3. The van der Waals surface area contributed by atoms with Crippen LogP contribution in [0.15, 0.2) is 29.2 Å². The molecule has 0 heterocycles. The Kier molecular flexibility index (Phi) is 4.93. The maximum Gasteiger partial charge on any atom is 0.231 e. The molecule has 0 aliphatic heterocycles. The first-order valence-electron chi connectivity index (χ1n) is 5.55. The molecule has 2 nitrogen and oxygen atoms in total. The summed E-state index contributed by atoms with van der Waals surface area (Å²) in [5.41, 5.74) is 0. The predicted molar refractivity (Wildman–Crippen MR) is 75.2 cm³/mol. The van der Waals surface area contributed by atoms with Gasteiger partial charge in [0.05, 0.1) is 9.92 Å². The number of hydrogen-bond acceptors (Lipinski definition) is 3. The second-order valence-electron chi connectivity index (χ2n) is 4.12. The molecule has 0 atom stereocenters. The summed E-state index contributed by atoms with van der Waals surface area (Å²) in [5.74, 6) is 0. The number of rotatable bonds is 5. The molecule has 0 saturated heterocycles. The maximum atomic E-state index is 12.3. The van der Waals surface area contributed by atoms with Gasteiger partial charge in [0.25, 0.3) is 0 Å². The van der Waals surface area contributed by atoms with Crippen molar-refractivity contribution in [2.75, 3.05) is 0 Å². The smallest absolute Gasteiger partial charge is 0.212 e. The minimum absolute atomic E-state index is 0.208. The van der Waals surface area contributed by atoms with Crippen molar-refractivity contribution < 1.29 is 8.42 Å². The summed E-state index contributed by atoms with van der Waals surface area (Å²) in [5, 5.41) is 0.287. The Labute approximate surface area is 112 Å². The van der Waals surface area contributed by atoms with E-state index in [1.807, 2.05) is 20.8 Å². The monoisotopic (exact) mass is 292 g/mol. The van der Waals surface area contributed by atoms with Crippen molar-refractivity contribution in [3.8, 4) is 0 Å². The van der Waals surface area contributed by atoms with Gasteiger partial charge in [0.1, 0.15) is 0 Å². The lowest BCUT2D eigenvalue weighted by Crippen LogP contribution is -2.20. The van der Waals surface area contributed by atoms with E-state index in [1.165, 1.54) is 0 Å². The molecule has 0 radical (unpaired) electrons. The molecule has 1 aromatic carbocycles. The van der Waals surface area contributed by atoms with Gasteiger partial charge in [-0.05, 0) is 42.7 Å². The van der Waals surface area contributed by atoms with E-state index in [1.54, 1.807) is 24.3 Å². The Morgan fingerprint density at radius 3 is 2.24 bits per heavy atom. The van der Waals surface area contributed by atoms with Gasteiger partial charge in [-0.2, -0.15) is 0 Å². The van der Waals surface area contributed by atoms with Gasteiger partial charge in [0, 0.05) is 4.75 Å². The molecule has 96 valence electrons. The van der Waals surface area contributed by atoms with Crippen molar-refractivity contribution in [1.29, 1.82) is 0 Å². The molecule has 17 heavy (non-hydrogen) atoms. The molecule has 0 spiro atoms. The lowest BCUT2D eigenvalue weighted by molar-refractivity contribution is 0.593. The van der Waals surface area contributed by atoms with Gasteiger partial charge in [-0.15, -0.1) is 0 Å². The van der Waals surface area contributed by atoms with E-state index in [9.17, 15) is 8.42 Å². The van der Waals surface area contributed by atoms with E-state index < -0.39 is 8.87 Å². The van der Waals surface area contributed by atoms with Gasteiger partial charge < -0.3 is 0 Å². The molecule has 0 N–H and O–H groups in total. The van der Waals surface area contributed by atoms with Crippen molar-refractivity contribution in [2.45, 2.75) is 43.3 Å². The quantitative estimate of drug-likeness (QED) is 0.757. The van der Waals surface area contributed by atoms with Crippen LogP contribution in [0.5, 0.6) is 0 Å². The molecule has 0 fully saturated rings. The van der Waals surface area contributed by atoms with Crippen LogP contribution >= 0.6 is 22.4 Å². The fraction of sp³-hybridized carbons (Fsp3) is 0.500. The SMILES string of the molecule is CCC(C)(CC)SS(=O)(=O)c1ccccc1Cl. The van der Waals surface area contributed by atoms with E-state index >= 15 is 0 Å². The minimum atomic E-state index is -3.39. The summed E-state index contributed by atoms with van der Waals surface area (Å²) >= 11 is 5.93. The normalized spacial score (nSPS) is 12.7. The molecule has 0 aliphatic carbocycles. The van der Waals surface area contributed by atoms with Crippen LogP contribution in [-0.4, -0.2) is 13.2 Å². The standard InChI is InChI=1S/C12H17ClO2S2/c1-4-12(3,5-2)16-17(14,15)11-9-7-6-8-10(11)13/h6-9H,4-5H2,1-3H3. The Hall–Kier alpha value is -0.190. The Balaban J connectivity index is 3.10. The summed E-state index contributed by atoms with van der Waals surface area (Å²) in [7, 11) is -2.38. The van der Waals surface area contributed by atoms with Crippen LogP contribution in [0.4, 0.5) is 0 Å². The molecule has 0 amide bonds. The van der Waals surface area contributed by atoms with Crippen LogP contribution in [0.1, 0.15) is 33.6 Å². The molecule has 0 unspecified atom stereocenters. The van der Waals surface area contributed by atoms with Gasteiger partial charge >= 0.3 is 0 Å². The first kappa shape index (κ1) is 14.9. The lowest BCUT2D eigenvalue weighted by atomic mass is 10.1. The first-order valence-corrected chi connectivity index (χ1v) is 8.74. The summed E-state index contributed by atoms with van der Waals surface area (Å²) in [4.78, 5) is 0.208. The highest BCUT2D eigenvalue weighted by atomic mass is 35.5. The summed E-state index contributed by atoms with van der Waals surface area (Å²) in [6.07, 6.45) is 1.61. The molecule has 5 heteroatoms. The molecule has 1 aromatic rings. The third kappa shape index (κ3) is 3.63. The third-order valence-electron chi connectivity index (χ3n) is 2.91. The van der Waals surface area contributed by atoms with E-state index in [2.05, 4.69) is 0 Å². The molecule has 0 aliphatic rings. The van der Waals surface area contributed by atoms with Crippen molar-refractivity contribution in [2.24, 2.45) is 0 Å². The second-order valence-corrected chi connectivity index (χ2v) is 8.85. The first-order chi connectivity index (χ1) is 7.84. The molecule has 0 aromatic heterocycles. The van der Waals surface area contributed by atoms with Crippen molar-refractivity contribution in [1.82, 2.24) is 0 Å². The minimum Gasteiger partial charge on any atom is -0.212 e. The van der Waals surface area contributed by atoms with Crippen LogP contribution in [0, 0.1) is 0 Å². The van der Waals surface area contributed by atoms with Gasteiger partial charge in [0.2, 0.25) is 8.87 Å². The van der Waals surface area contributed by atoms with Crippen molar-refractivity contribution in [3.63, 3.8) is 0 Å². The maximum absolute atomic E-state index is 12.3. The molecular formula is C12H17ClO2S2. The predicted octanol–water partition coefficient (Wildman–Crippen LogP) is 4.34. The van der Waals surface area contributed by atoms with Gasteiger partial charge in [-0.25, -0.2) is 8.42 Å². The average molecular weight is 293 g/mol. The highest BCUT2D eigenvalue weighted by Crippen LogP contribution is 2.41. The molecule has 0 saturated carbocycles. The van der Waals surface area contributed by atoms with E-state index in [-0.39, 0.29) is 14.7 Å². The van der Waals surface area contributed by atoms with Crippen molar-refractivity contribution in [3.05, 3.63) is 29.3 Å². The van der Waals surface area contributed by atoms with Crippen LogP contribution < -0.4 is 0 Å². The largest absolute Gasteiger partial charge is 0.231 e. The van der Waals surface area contributed by atoms with Crippen LogP contribution in [0.3, 0.4) is 0 Å². The Morgan fingerprint density at radius 2 is 1.76 bits per heavy atom. The number of hydrogen-bond donors (Lipinski definition) is 0. The average Bonchev–Trinajstić information content (AvgIpc) is 2.28. The highest BCUT2D eigenvalue weighted by Gasteiger charge is 2.30. The van der Waals surface area contributed by atoms with Crippen LogP contribution in [0.2, 0.25) is 5.02 Å². The van der Waals surface area contributed by atoms with E-state index in [0.717, 1.165) is 23.6 Å². The lowest BCUT2D eigenvalue weighted by Gasteiger charge is -2.25. The van der Waals surface area contributed by atoms with Gasteiger partial charge in [0.15, 0.2) is 0 Å². The van der Waals surface area contributed by atoms with Gasteiger partial charge in [-0.3, -0.25) is 0 Å².